The molecule has 5 heteroatoms. The molecule has 18 heavy (non-hydrogen) atoms. The molecule has 0 saturated heterocycles. The Kier molecular flexibility index (Phi) is 3.72. The third-order valence-corrected chi connectivity index (χ3v) is 3.23. The van der Waals surface area contributed by atoms with Crippen molar-refractivity contribution in [3.63, 3.8) is 0 Å². The summed E-state index contributed by atoms with van der Waals surface area (Å²) in [5.74, 6) is 1.38. The molecular formula is C13H20N4O. The molecule has 0 amide bonds. The summed E-state index contributed by atoms with van der Waals surface area (Å²) in [5, 5.41) is 0. The number of nitrogen functional groups attached to an aromatic ring is 1. The van der Waals surface area contributed by atoms with Crippen LogP contribution in [0.1, 0.15) is 6.92 Å². The lowest BCUT2D eigenvalue weighted by atomic mass is 10.3. The minimum atomic E-state index is 0.558. The second-order valence-electron chi connectivity index (χ2n) is 4.37. The highest BCUT2D eigenvalue weighted by Gasteiger charge is 2.09. The van der Waals surface area contributed by atoms with Crippen LogP contribution in [0, 0.1) is 0 Å². The molecule has 0 unspecified atom stereocenters. The maximum absolute atomic E-state index is 5.97. The van der Waals surface area contributed by atoms with Crippen LogP contribution in [0.25, 0.3) is 11.0 Å². The smallest absolute Gasteiger partial charge is 0.201 e. The van der Waals surface area contributed by atoms with Crippen molar-refractivity contribution in [2.45, 2.75) is 13.5 Å². The zero-order valence-electron chi connectivity index (χ0n) is 11.2. The molecule has 0 aliphatic rings. The summed E-state index contributed by atoms with van der Waals surface area (Å²) in [6, 6.07) is 5.81. The fourth-order valence-corrected chi connectivity index (χ4v) is 1.91. The van der Waals surface area contributed by atoms with Crippen molar-refractivity contribution in [2.24, 2.45) is 0 Å². The number of imidazole rings is 1. The molecule has 0 aliphatic carbocycles. The predicted octanol–water partition coefficient (Wildman–Crippen LogP) is 1.58. The minimum absolute atomic E-state index is 0.558. The Balaban J connectivity index is 2.32. The Bertz CT molecular complexity index is 535. The van der Waals surface area contributed by atoms with Crippen molar-refractivity contribution in [1.82, 2.24) is 14.5 Å². The zero-order chi connectivity index (χ0) is 13.1. The maximum atomic E-state index is 5.97. The van der Waals surface area contributed by atoms with Gasteiger partial charge in [-0.15, -0.1) is 0 Å². The number of benzene rings is 1. The van der Waals surface area contributed by atoms with Crippen LogP contribution in [0.3, 0.4) is 0 Å². The van der Waals surface area contributed by atoms with Crippen molar-refractivity contribution in [2.75, 3.05) is 33.0 Å². The Morgan fingerprint density at radius 3 is 2.89 bits per heavy atom. The first-order chi connectivity index (χ1) is 8.65. The van der Waals surface area contributed by atoms with Gasteiger partial charge in [-0.3, -0.25) is 0 Å². The minimum Gasteiger partial charge on any atom is -0.497 e. The van der Waals surface area contributed by atoms with Gasteiger partial charge in [0.2, 0.25) is 5.95 Å². The van der Waals surface area contributed by atoms with E-state index in [4.69, 9.17) is 10.5 Å². The molecule has 98 valence electrons. The summed E-state index contributed by atoms with van der Waals surface area (Å²) in [4.78, 5) is 6.60. The molecule has 2 N–H and O–H groups in total. The lowest BCUT2D eigenvalue weighted by Gasteiger charge is -2.15. The van der Waals surface area contributed by atoms with Gasteiger partial charge in [-0.2, -0.15) is 0 Å². The van der Waals surface area contributed by atoms with E-state index < -0.39 is 0 Å². The number of hydrogen-bond acceptors (Lipinski definition) is 4. The molecule has 5 nitrogen and oxygen atoms in total. The first-order valence-corrected chi connectivity index (χ1v) is 6.14. The first-order valence-electron chi connectivity index (χ1n) is 6.14. The predicted molar refractivity (Wildman–Crippen MR) is 73.9 cm³/mol. The SMILES string of the molecule is CCN(C)CCn1c(N)nc2ccc(OC)cc21. The topological polar surface area (TPSA) is 56.3 Å². The molecule has 0 radical (unpaired) electrons. The molecule has 1 aromatic heterocycles. The van der Waals surface area contributed by atoms with E-state index in [9.17, 15) is 0 Å². The van der Waals surface area contributed by atoms with E-state index in [1.54, 1.807) is 7.11 Å². The molecule has 0 bridgehead atoms. The van der Waals surface area contributed by atoms with Gasteiger partial charge < -0.3 is 19.9 Å². The van der Waals surface area contributed by atoms with Gasteiger partial charge in [0, 0.05) is 19.2 Å². The number of aromatic nitrogens is 2. The number of likely N-dealkylation sites (N-methyl/N-ethyl adjacent to an activating group) is 1. The van der Waals surface area contributed by atoms with Crippen LogP contribution in [0.4, 0.5) is 5.95 Å². The largest absolute Gasteiger partial charge is 0.497 e. The zero-order valence-corrected chi connectivity index (χ0v) is 11.2. The average Bonchev–Trinajstić information content (AvgIpc) is 2.70. The molecule has 0 spiro atoms. The molecule has 0 fully saturated rings. The van der Waals surface area contributed by atoms with Crippen LogP contribution in [-0.2, 0) is 6.54 Å². The number of anilines is 1. The second-order valence-corrected chi connectivity index (χ2v) is 4.37. The highest BCUT2D eigenvalue weighted by molar-refractivity contribution is 5.79. The van der Waals surface area contributed by atoms with E-state index in [1.807, 2.05) is 22.8 Å². The Morgan fingerprint density at radius 1 is 1.44 bits per heavy atom. The normalized spacial score (nSPS) is 11.3. The molecule has 2 aromatic rings. The number of nitrogens with zero attached hydrogens (tertiary/aromatic N) is 3. The number of methoxy groups -OCH3 is 1. The van der Waals surface area contributed by atoms with Crippen LogP contribution < -0.4 is 10.5 Å². The number of fused-ring (bicyclic) bond motifs is 1. The van der Waals surface area contributed by atoms with Gasteiger partial charge >= 0.3 is 0 Å². The monoisotopic (exact) mass is 248 g/mol. The molecule has 0 saturated carbocycles. The van der Waals surface area contributed by atoms with Crippen molar-refractivity contribution in [3.05, 3.63) is 18.2 Å². The first kappa shape index (κ1) is 12.7. The fraction of sp³-hybridized carbons (Fsp3) is 0.462. The number of rotatable bonds is 5. The van der Waals surface area contributed by atoms with Crippen molar-refractivity contribution in [1.29, 1.82) is 0 Å². The number of ether oxygens (including phenoxy) is 1. The molecule has 1 heterocycles. The van der Waals surface area contributed by atoms with E-state index >= 15 is 0 Å². The van der Waals surface area contributed by atoms with E-state index in [1.165, 1.54) is 0 Å². The fourth-order valence-electron chi connectivity index (χ4n) is 1.91. The highest BCUT2D eigenvalue weighted by atomic mass is 16.5. The van der Waals surface area contributed by atoms with Gasteiger partial charge in [-0.1, -0.05) is 6.92 Å². The lowest BCUT2D eigenvalue weighted by molar-refractivity contribution is 0.338. The van der Waals surface area contributed by atoms with E-state index in [0.717, 1.165) is 36.4 Å². The van der Waals surface area contributed by atoms with Gasteiger partial charge in [0.05, 0.1) is 18.1 Å². The van der Waals surface area contributed by atoms with Crippen molar-refractivity contribution < 1.29 is 4.74 Å². The Hall–Kier alpha value is -1.75. The third-order valence-electron chi connectivity index (χ3n) is 3.23. The van der Waals surface area contributed by atoms with Gasteiger partial charge in [-0.25, -0.2) is 4.98 Å². The number of hydrogen-bond donors (Lipinski definition) is 1. The molecular weight excluding hydrogens is 228 g/mol. The number of nitrogens with two attached hydrogens (primary N) is 1. The van der Waals surface area contributed by atoms with E-state index in [-0.39, 0.29) is 0 Å². The Labute approximate surface area is 107 Å². The van der Waals surface area contributed by atoms with Crippen LogP contribution in [0.2, 0.25) is 0 Å². The summed E-state index contributed by atoms with van der Waals surface area (Å²) in [5.41, 5.74) is 7.90. The van der Waals surface area contributed by atoms with Crippen LogP contribution >= 0.6 is 0 Å². The van der Waals surface area contributed by atoms with Gasteiger partial charge in [0.15, 0.2) is 0 Å². The van der Waals surface area contributed by atoms with Gasteiger partial charge in [-0.05, 0) is 25.7 Å². The summed E-state index contributed by atoms with van der Waals surface area (Å²) >= 11 is 0. The standard InChI is InChI=1S/C13H20N4O/c1-4-16(2)7-8-17-12-9-10(18-3)5-6-11(12)15-13(17)14/h5-6,9H,4,7-8H2,1-3H3,(H2,14,15). The molecule has 0 aliphatic heterocycles. The maximum Gasteiger partial charge on any atom is 0.201 e. The van der Waals surface area contributed by atoms with Crippen LogP contribution in [-0.4, -0.2) is 41.7 Å². The molecule has 0 atom stereocenters. The summed E-state index contributed by atoms with van der Waals surface area (Å²) in [6.07, 6.45) is 0. The van der Waals surface area contributed by atoms with E-state index in [2.05, 4.69) is 23.9 Å². The van der Waals surface area contributed by atoms with E-state index in [0.29, 0.717) is 5.95 Å². The quantitative estimate of drug-likeness (QED) is 0.872. The summed E-state index contributed by atoms with van der Waals surface area (Å²) in [6.45, 7) is 4.94. The van der Waals surface area contributed by atoms with Crippen molar-refractivity contribution >= 4 is 17.0 Å². The summed E-state index contributed by atoms with van der Waals surface area (Å²) in [7, 11) is 3.76. The van der Waals surface area contributed by atoms with Gasteiger partial charge in [0.1, 0.15) is 5.75 Å². The Morgan fingerprint density at radius 2 is 2.22 bits per heavy atom. The van der Waals surface area contributed by atoms with Gasteiger partial charge in [0.25, 0.3) is 0 Å². The highest BCUT2D eigenvalue weighted by Crippen LogP contribution is 2.22. The molecule has 1 aromatic carbocycles. The van der Waals surface area contributed by atoms with Crippen LogP contribution in [0.15, 0.2) is 18.2 Å². The van der Waals surface area contributed by atoms with Crippen molar-refractivity contribution in [3.8, 4) is 5.75 Å². The second kappa shape index (κ2) is 5.27. The third kappa shape index (κ3) is 2.41. The average molecular weight is 248 g/mol. The van der Waals surface area contributed by atoms with Crippen LogP contribution in [0.5, 0.6) is 5.75 Å². The lowest BCUT2D eigenvalue weighted by Crippen LogP contribution is -2.23. The summed E-state index contributed by atoms with van der Waals surface area (Å²) < 4.78 is 7.27. The molecule has 2 rings (SSSR count).